The summed E-state index contributed by atoms with van der Waals surface area (Å²) in [4.78, 5) is 24.7. The van der Waals surface area contributed by atoms with Gasteiger partial charge in [0.15, 0.2) is 0 Å². The highest BCUT2D eigenvalue weighted by molar-refractivity contribution is 5.78. The molecule has 0 aliphatic rings. The van der Waals surface area contributed by atoms with Gasteiger partial charge in [-0.15, -0.1) is 0 Å². The lowest BCUT2D eigenvalue weighted by atomic mass is 10.5. The number of carbonyl (C=O) groups excluding carboxylic acids is 1. The van der Waals surface area contributed by atoms with Gasteiger partial charge in [0, 0.05) is 13.6 Å². The highest BCUT2D eigenvalue weighted by Gasteiger charge is 2.12. The third kappa shape index (κ3) is 4.04. The van der Waals surface area contributed by atoms with Crippen molar-refractivity contribution >= 4 is 17.8 Å². The molecule has 0 radical (unpaired) electrons. The van der Waals surface area contributed by atoms with Gasteiger partial charge in [0.1, 0.15) is 0 Å². The normalized spacial score (nSPS) is 9.94. The van der Waals surface area contributed by atoms with E-state index in [2.05, 4.69) is 20.3 Å². The minimum Gasteiger partial charge on any atom is -0.464 e. The Labute approximate surface area is 106 Å². The monoisotopic (exact) mass is 254 g/mol. The molecule has 3 N–H and O–H groups in total. The first-order valence-electron chi connectivity index (χ1n) is 5.69. The highest BCUT2D eigenvalue weighted by Crippen LogP contribution is 2.13. The number of nitrogens with two attached hydrogens (primary N) is 1. The van der Waals surface area contributed by atoms with E-state index in [0.29, 0.717) is 25.0 Å². The molecule has 0 spiro atoms. The van der Waals surface area contributed by atoms with Crippen molar-refractivity contribution in [2.45, 2.75) is 13.8 Å². The van der Waals surface area contributed by atoms with E-state index >= 15 is 0 Å². The third-order valence-corrected chi connectivity index (χ3v) is 1.95. The maximum Gasteiger partial charge on any atom is 0.323 e. The zero-order chi connectivity index (χ0) is 13.5. The first-order chi connectivity index (χ1) is 8.56. The Morgan fingerprint density at radius 3 is 2.67 bits per heavy atom. The van der Waals surface area contributed by atoms with Gasteiger partial charge in [-0.25, -0.2) is 0 Å². The number of primary amides is 1. The third-order valence-electron chi connectivity index (χ3n) is 1.95. The minimum absolute atomic E-state index is 0.0289. The fourth-order valence-corrected chi connectivity index (χ4v) is 1.25. The van der Waals surface area contributed by atoms with E-state index in [1.165, 1.54) is 4.90 Å². The average molecular weight is 254 g/mol. The van der Waals surface area contributed by atoms with Gasteiger partial charge >= 0.3 is 6.01 Å². The first-order valence-corrected chi connectivity index (χ1v) is 5.69. The van der Waals surface area contributed by atoms with Crippen LogP contribution in [0.1, 0.15) is 13.8 Å². The Morgan fingerprint density at radius 1 is 1.39 bits per heavy atom. The van der Waals surface area contributed by atoms with E-state index in [4.69, 9.17) is 10.5 Å². The Bertz CT molecular complexity index is 387. The molecular formula is C10H18N6O2. The molecule has 8 nitrogen and oxygen atoms in total. The molecule has 100 valence electrons. The van der Waals surface area contributed by atoms with Gasteiger partial charge in [0.2, 0.25) is 17.8 Å². The van der Waals surface area contributed by atoms with Crippen LogP contribution in [0.4, 0.5) is 11.9 Å². The second kappa shape index (κ2) is 6.58. The molecule has 0 aliphatic carbocycles. The van der Waals surface area contributed by atoms with Crippen LogP contribution in [0.2, 0.25) is 0 Å². The van der Waals surface area contributed by atoms with E-state index in [-0.39, 0.29) is 12.6 Å². The number of nitrogens with one attached hydrogen (secondary N) is 1. The number of amides is 1. The Kier molecular flexibility index (Phi) is 5.09. The number of hydrogen-bond donors (Lipinski definition) is 2. The Balaban J connectivity index is 2.97. The molecule has 1 aromatic heterocycles. The largest absolute Gasteiger partial charge is 0.464 e. The summed E-state index contributed by atoms with van der Waals surface area (Å²) in [5.74, 6) is 0.284. The van der Waals surface area contributed by atoms with Crippen molar-refractivity contribution in [3.05, 3.63) is 0 Å². The minimum atomic E-state index is -0.458. The van der Waals surface area contributed by atoms with Crippen molar-refractivity contribution in [2.75, 3.05) is 37.0 Å². The van der Waals surface area contributed by atoms with E-state index in [1.54, 1.807) is 7.05 Å². The van der Waals surface area contributed by atoms with Crippen molar-refractivity contribution in [1.29, 1.82) is 0 Å². The topological polar surface area (TPSA) is 106 Å². The smallest absolute Gasteiger partial charge is 0.323 e. The van der Waals surface area contributed by atoms with Gasteiger partial charge in [-0.05, 0) is 13.8 Å². The van der Waals surface area contributed by atoms with Crippen LogP contribution in [-0.4, -0.2) is 47.6 Å². The van der Waals surface area contributed by atoms with Gasteiger partial charge in [-0.3, -0.25) is 4.79 Å². The lowest BCUT2D eigenvalue weighted by Gasteiger charge is -2.16. The van der Waals surface area contributed by atoms with Crippen LogP contribution in [-0.2, 0) is 4.79 Å². The molecule has 0 saturated carbocycles. The van der Waals surface area contributed by atoms with Crippen LogP contribution in [0.25, 0.3) is 0 Å². The molecule has 8 heteroatoms. The summed E-state index contributed by atoms with van der Waals surface area (Å²) in [5, 5.41) is 2.97. The molecule has 0 aromatic carbocycles. The van der Waals surface area contributed by atoms with Crippen molar-refractivity contribution in [3.8, 4) is 6.01 Å². The summed E-state index contributed by atoms with van der Waals surface area (Å²) >= 11 is 0. The van der Waals surface area contributed by atoms with Gasteiger partial charge in [-0.2, -0.15) is 15.0 Å². The fourth-order valence-electron chi connectivity index (χ4n) is 1.25. The molecule has 0 atom stereocenters. The second-order valence-corrected chi connectivity index (χ2v) is 3.53. The summed E-state index contributed by atoms with van der Waals surface area (Å²) in [6.45, 7) is 4.92. The van der Waals surface area contributed by atoms with E-state index in [1.807, 2.05) is 13.8 Å². The van der Waals surface area contributed by atoms with Crippen LogP contribution in [0.3, 0.4) is 0 Å². The predicted molar refractivity (Wildman–Crippen MR) is 67.6 cm³/mol. The van der Waals surface area contributed by atoms with Gasteiger partial charge in [0.25, 0.3) is 0 Å². The Hall–Kier alpha value is -2.12. The van der Waals surface area contributed by atoms with Gasteiger partial charge < -0.3 is 20.7 Å². The van der Waals surface area contributed by atoms with Crippen molar-refractivity contribution in [3.63, 3.8) is 0 Å². The SMILES string of the molecule is CCNc1nc(OCC)nc(N(C)CC(N)=O)n1. The number of ether oxygens (including phenoxy) is 1. The standard InChI is InChI=1S/C10H18N6O2/c1-4-12-8-13-9(16(3)6-7(11)17)15-10(14-8)18-5-2/h4-6H2,1-3H3,(H2,11,17)(H,12,13,14,15). The molecular weight excluding hydrogens is 236 g/mol. The van der Waals surface area contributed by atoms with Crippen LogP contribution in [0.5, 0.6) is 6.01 Å². The molecule has 1 rings (SSSR count). The molecule has 1 aromatic rings. The van der Waals surface area contributed by atoms with Gasteiger partial charge in [-0.1, -0.05) is 0 Å². The number of likely N-dealkylation sites (N-methyl/N-ethyl adjacent to an activating group) is 1. The summed E-state index contributed by atoms with van der Waals surface area (Å²) in [6.07, 6.45) is 0. The molecule has 0 bridgehead atoms. The lowest BCUT2D eigenvalue weighted by Crippen LogP contribution is -2.32. The first kappa shape index (κ1) is 13.9. The second-order valence-electron chi connectivity index (χ2n) is 3.53. The molecule has 1 amide bonds. The number of aromatic nitrogens is 3. The number of carbonyl (C=O) groups is 1. The summed E-state index contributed by atoms with van der Waals surface area (Å²) in [7, 11) is 1.67. The molecule has 0 aliphatic heterocycles. The van der Waals surface area contributed by atoms with E-state index < -0.39 is 5.91 Å². The molecule has 18 heavy (non-hydrogen) atoms. The van der Waals surface area contributed by atoms with E-state index in [0.717, 1.165) is 0 Å². The summed E-state index contributed by atoms with van der Waals surface area (Å²) in [6, 6.07) is 0.217. The van der Waals surface area contributed by atoms with Crippen molar-refractivity contribution in [1.82, 2.24) is 15.0 Å². The predicted octanol–water partition coefficient (Wildman–Crippen LogP) is -0.376. The van der Waals surface area contributed by atoms with Crippen LogP contribution in [0.15, 0.2) is 0 Å². The maximum absolute atomic E-state index is 10.9. The molecule has 1 heterocycles. The Morgan fingerprint density at radius 2 is 2.11 bits per heavy atom. The van der Waals surface area contributed by atoms with Crippen LogP contribution >= 0.6 is 0 Å². The number of anilines is 2. The summed E-state index contributed by atoms with van der Waals surface area (Å²) in [5.41, 5.74) is 5.13. The zero-order valence-electron chi connectivity index (χ0n) is 10.8. The number of nitrogens with zero attached hydrogens (tertiary/aromatic N) is 4. The maximum atomic E-state index is 10.9. The van der Waals surface area contributed by atoms with Crippen LogP contribution in [0, 0.1) is 0 Å². The van der Waals surface area contributed by atoms with Crippen molar-refractivity contribution < 1.29 is 9.53 Å². The highest BCUT2D eigenvalue weighted by atomic mass is 16.5. The summed E-state index contributed by atoms with van der Waals surface area (Å²) < 4.78 is 5.24. The lowest BCUT2D eigenvalue weighted by molar-refractivity contribution is -0.116. The van der Waals surface area contributed by atoms with E-state index in [9.17, 15) is 4.79 Å². The molecule has 0 saturated heterocycles. The van der Waals surface area contributed by atoms with Crippen LogP contribution < -0.4 is 20.7 Å². The quantitative estimate of drug-likeness (QED) is 0.683. The molecule has 0 fully saturated rings. The number of rotatable bonds is 7. The zero-order valence-corrected chi connectivity index (χ0v) is 10.8. The van der Waals surface area contributed by atoms with Crippen molar-refractivity contribution in [2.24, 2.45) is 5.73 Å². The van der Waals surface area contributed by atoms with Gasteiger partial charge in [0.05, 0.1) is 13.2 Å². The number of hydrogen-bond acceptors (Lipinski definition) is 7. The molecule has 0 unspecified atom stereocenters. The fraction of sp³-hybridized carbons (Fsp3) is 0.600. The average Bonchev–Trinajstić information content (AvgIpc) is 2.28.